The molecule has 0 fully saturated rings. The molecule has 0 saturated carbocycles. The Morgan fingerprint density at radius 2 is 1.90 bits per heavy atom. The lowest BCUT2D eigenvalue weighted by Gasteiger charge is -2.43. The molecule has 0 N–H and O–H groups in total. The van der Waals surface area contributed by atoms with Crippen LogP contribution in [0.15, 0.2) is 35.3 Å². The first-order chi connectivity index (χ1) is 9.78. The zero-order chi connectivity index (χ0) is 15.7. The average molecular weight is 289 g/mol. The molecular formula is C17H23NO3. The van der Waals surface area contributed by atoms with Crippen LogP contribution in [-0.4, -0.2) is 30.6 Å². The van der Waals surface area contributed by atoms with E-state index in [0.717, 1.165) is 5.56 Å². The maximum atomic E-state index is 12.3. The molecule has 0 bridgehead atoms. The first kappa shape index (κ1) is 15.5. The second-order valence-corrected chi connectivity index (χ2v) is 6.55. The van der Waals surface area contributed by atoms with E-state index >= 15 is 0 Å². The van der Waals surface area contributed by atoms with Crippen LogP contribution in [0.2, 0.25) is 0 Å². The Hall–Kier alpha value is -1.84. The number of hydrogen-bond acceptors (Lipinski definition) is 4. The summed E-state index contributed by atoms with van der Waals surface area (Å²) in [4.78, 5) is 16.9. The Kier molecular flexibility index (Phi) is 4.08. The standard InChI is InChI=1S/C17H23NO3/c1-16(2,3)17(4)15(20-5)18-13(14(19)21-17)11-12-9-7-6-8-10-12/h6-10,13H,11H2,1-5H3/t13-,17+/m0/s1. The molecule has 21 heavy (non-hydrogen) atoms. The summed E-state index contributed by atoms with van der Waals surface area (Å²) in [5, 5.41) is 0. The fraction of sp³-hybridized carbons (Fsp3) is 0.529. The summed E-state index contributed by atoms with van der Waals surface area (Å²) >= 11 is 0. The minimum absolute atomic E-state index is 0.294. The van der Waals surface area contributed by atoms with E-state index in [9.17, 15) is 4.79 Å². The summed E-state index contributed by atoms with van der Waals surface area (Å²) in [7, 11) is 1.57. The third kappa shape index (κ3) is 2.94. The lowest BCUT2D eigenvalue weighted by atomic mass is 9.76. The van der Waals surface area contributed by atoms with Crippen LogP contribution in [0.1, 0.15) is 33.3 Å². The number of ether oxygens (including phenoxy) is 2. The third-order valence-electron chi connectivity index (χ3n) is 4.15. The van der Waals surface area contributed by atoms with Crippen molar-refractivity contribution in [3.05, 3.63) is 35.9 Å². The molecule has 1 aliphatic heterocycles. The van der Waals surface area contributed by atoms with Gasteiger partial charge in [-0.05, 0) is 12.5 Å². The van der Waals surface area contributed by atoms with Gasteiger partial charge in [-0.1, -0.05) is 51.1 Å². The number of carbonyl (C=O) groups is 1. The number of cyclic esters (lactones) is 1. The van der Waals surface area contributed by atoms with Crippen molar-refractivity contribution in [3.8, 4) is 0 Å². The van der Waals surface area contributed by atoms with Gasteiger partial charge in [0.1, 0.15) is 0 Å². The zero-order valence-electron chi connectivity index (χ0n) is 13.3. The lowest BCUT2D eigenvalue weighted by molar-refractivity contribution is -0.166. The van der Waals surface area contributed by atoms with Gasteiger partial charge in [-0.3, -0.25) is 0 Å². The molecule has 0 aliphatic carbocycles. The van der Waals surface area contributed by atoms with Gasteiger partial charge >= 0.3 is 5.97 Å². The van der Waals surface area contributed by atoms with Crippen molar-refractivity contribution in [3.63, 3.8) is 0 Å². The van der Waals surface area contributed by atoms with E-state index in [4.69, 9.17) is 9.47 Å². The fourth-order valence-corrected chi connectivity index (χ4v) is 2.32. The van der Waals surface area contributed by atoms with Gasteiger partial charge in [0.15, 0.2) is 11.6 Å². The molecule has 0 radical (unpaired) electrons. The number of carbonyl (C=O) groups excluding carboxylic acids is 1. The van der Waals surface area contributed by atoms with E-state index < -0.39 is 11.6 Å². The Labute approximate surface area is 126 Å². The Morgan fingerprint density at radius 3 is 2.43 bits per heavy atom. The van der Waals surface area contributed by atoms with Gasteiger partial charge in [-0.25, -0.2) is 9.79 Å². The highest BCUT2D eigenvalue weighted by Crippen LogP contribution is 2.38. The molecule has 0 saturated heterocycles. The predicted octanol–water partition coefficient (Wildman–Crippen LogP) is 3.00. The van der Waals surface area contributed by atoms with Crippen LogP contribution in [0.4, 0.5) is 0 Å². The minimum Gasteiger partial charge on any atom is -0.481 e. The molecule has 1 aliphatic rings. The molecule has 1 aromatic carbocycles. The molecule has 0 spiro atoms. The summed E-state index contributed by atoms with van der Waals surface area (Å²) in [5.41, 5.74) is -0.0839. The quantitative estimate of drug-likeness (QED) is 0.786. The Bertz CT molecular complexity index is 545. The van der Waals surface area contributed by atoms with Crippen molar-refractivity contribution in [2.75, 3.05) is 7.11 Å². The van der Waals surface area contributed by atoms with E-state index in [0.29, 0.717) is 12.3 Å². The van der Waals surface area contributed by atoms with Gasteiger partial charge in [-0.15, -0.1) is 0 Å². The van der Waals surface area contributed by atoms with E-state index in [1.165, 1.54) is 0 Å². The highest BCUT2D eigenvalue weighted by molar-refractivity contribution is 5.94. The van der Waals surface area contributed by atoms with Crippen LogP contribution in [0.3, 0.4) is 0 Å². The molecule has 2 atom stereocenters. The highest BCUT2D eigenvalue weighted by Gasteiger charge is 2.51. The first-order valence-corrected chi connectivity index (χ1v) is 7.17. The van der Waals surface area contributed by atoms with Crippen molar-refractivity contribution < 1.29 is 14.3 Å². The van der Waals surface area contributed by atoms with Crippen LogP contribution < -0.4 is 0 Å². The Balaban J connectivity index is 2.31. The molecule has 1 aromatic rings. The van der Waals surface area contributed by atoms with E-state index in [-0.39, 0.29) is 11.4 Å². The number of rotatable bonds is 2. The second-order valence-electron chi connectivity index (χ2n) is 6.55. The van der Waals surface area contributed by atoms with Crippen molar-refractivity contribution in [1.82, 2.24) is 0 Å². The molecule has 4 heteroatoms. The van der Waals surface area contributed by atoms with Gasteiger partial charge in [0, 0.05) is 11.8 Å². The molecule has 4 nitrogen and oxygen atoms in total. The lowest BCUT2D eigenvalue weighted by Crippen LogP contribution is -2.56. The van der Waals surface area contributed by atoms with Crippen LogP contribution in [0, 0.1) is 5.41 Å². The van der Waals surface area contributed by atoms with Gasteiger partial charge in [-0.2, -0.15) is 0 Å². The summed E-state index contributed by atoms with van der Waals surface area (Å²) < 4.78 is 11.2. The zero-order valence-corrected chi connectivity index (χ0v) is 13.3. The summed E-state index contributed by atoms with van der Waals surface area (Å²) in [5.74, 6) is 0.188. The number of aliphatic imine (C=N–C) groups is 1. The number of benzene rings is 1. The third-order valence-corrected chi connectivity index (χ3v) is 4.15. The molecule has 2 rings (SSSR count). The first-order valence-electron chi connectivity index (χ1n) is 7.17. The molecule has 0 aromatic heterocycles. The van der Waals surface area contributed by atoms with Crippen molar-refractivity contribution in [2.45, 2.75) is 45.8 Å². The largest absolute Gasteiger partial charge is 0.481 e. The summed E-state index contributed by atoms with van der Waals surface area (Å²) in [6.07, 6.45) is 0.521. The van der Waals surface area contributed by atoms with Crippen LogP contribution in [-0.2, 0) is 20.7 Å². The molecular weight excluding hydrogens is 266 g/mol. The Morgan fingerprint density at radius 1 is 1.29 bits per heavy atom. The van der Waals surface area contributed by atoms with Crippen molar-refractivity contribution in [1.29, 1.82) is 0 Å². The summed E-state index contributed by atoms with van der Waals surface area (Å²) in [6, 6.07) is 9.26. The summed E-state index contributed by atoms with van der Waals surface area (Å²) in [6.45, 7) is 7.87. The number of nitrogens with zero attached hydrogens (tertiary/aromatic N) is 1. The minimum atomic E-state index is -0.841. The van der Waals surface area contributed by atoms with Gasteiger partial charge in [0.05, 0.1) is 7.11 Å². The molecule has 1 heterocycles. The van der Waals surface area contributed by atoms with Crippen LogP contribution in [0.25, 0.3) is 0 Å². The molecule has 114 valence electrons. The smallest absolute Gasteiger partial charge is 0.332 e. The number of esters is 1. The predicted molar refractivity (Wildman–Crippen MR) is 82.3 cm³/mol. The van der Waals surface area contributed by atoms with Gasteiger partial charge in [0.2, 0.25) is 5.90 Å². The maximum Gasteiger partial charge on any atom is 0.332 e. The molecule has 0 amide bonds. The average Bonchev–Trinajstić information content (AvgIpc) is 2.42. The van der Waals surface area contributed by atoms with E-state index in [1.54, 1.807) is 7.11 Å². The van der Waals surface area contributed by atoms with Gasteiger partial charge in [0.25, 0.3) is 0 Å². The van der Waals surface area contributed by atoms with Crippen molar-refractivity contribution in [2.24, 2.45) is 10.4 Å². The van der Waals surface area contributed by atoms with Crippen molar-refractivity contribution >= 4 is 11.9 Å². The fourth-order valence-electron chi connectivity index (χ4n) is 2.32. The van der Waals surface area contributed by atoms with Crippen LogP contribution >= 0.6 is 0 Å². The van der Waals surface area contributed by atoms with Crippen LogP contribution in [0.5, 0.6) is 0 Å². The SMILES string of the molecule is COC1=N[C@@H](Cc2ccccc2)C(=O)O[C@@]1(C)C(C)(C)C. The normalized spacial score (nSPS) is 26.0. The topological polar surface area (TPSA) is 47.9 Å². The number of methoxy groups -OCH3 is 1. The molecule has 0 unspecified atom stereocenters. The monoisotopic (exact) mass is 289 g/mol. The van der Waals surface area contributed by atoms with E-state index in [2.05, 4.69) is 4.99 Å². The highest BCUT2D eigenvalue weighted by atomic mass is 16.6. The number of hydrogen-bond donors (Lipinski definition) is 0. The maximum absolute atomic E-state index is 12.3. The van der Waals surface area contributed by atoms with E-state index in [1.807, 2.05) is 58.0 Å². The van der Waals surface area contributed by atoms with Gasteiger partial charge < -0.3 is 9.47 Å². The second kappa shape index (κ2) is 5.51.